The first-order valence-corrected chi connectivity index (χ1v) is 14.4. The fraction of sp³-hybridized carbons (Fsp3) is 0.520. The zero-order valence-corrected chi connectivity index (χ0v) is 22.0. The number of hydrogen-bond donors (Lipinski definition) is 0. The van der Waals surface area contributed by atoms with E-state index >= 15 is 0 Å². The van der Waals surface area contributed by atoms with E-state index in [1.54, 1.807) is 14.1 Å². The van der Waals surface area contributed by atoms with Gasteiger partial charge in [-0.3, -0.25) is 8.37 Å². The van der Waals surface area contributed by atoms with Crippen molar-refractivity contribution in [2.24, 2.45) is 8.73 Å². The van der Waals surface area contributed by atoms with Crippen LogP contribution < -0.4 is 0 Å². The molecule has 0 spiro atoms. The van der Waals surface area contributed by atoms with Gasteiger partial charge in [0.1, 0.15) is 0 Å². The Bertz CT molecular complexity index is 993. The summed E-state index contributed by atoms with van der Waals surface area (Å²) in [5.41, 5.74) is 2.23. The second-order valence-corrected chi connectivity index (χ2v) is 12.1. The van der Waals surface area contributed by atoms with Crippen molar-refractivity contribution in [1.29, 1.82) is 0 Å². The second kappa shape index (κ2) is 13.8. The largest absolute Gasteiger partial charge is 0.281 e. The third-order valence-corrected chi connectivity index (χ3v) is 9.06. The quantitative estimate of drug-likeness (QED) is 0.280. The molecule has 0 aliphatic heterocycles. The number of rotatable bonds is 14. The fourth-order valence-corrected chi connectivity index (χ4v) is 5.86. The standard InChI is InChI=1S/C25H38N2O4S2/c1-22-12-16-24(17-13-22)32(28,26-3)30-20-10-8-6-5-7-9-11-21-31-33(29,27-4)25-18-14-23(2)15-19-25/h12-19H,5-11,20-21H2,1-4H3/t32-,33+. The molecular weight excluding hydrogens is 456 g/mol. The normalized spacial score (nSPS) is 14.9. The molecule has 2 atom stereocenters. The molecule has 0 N–H and O–H groups in total. The molecule has 2 aromatic rings. The maximum absolute atomic E-state index is 12.9. The van der Waals surface area contributed by atoms with Gasteiger partial charge in [0.25, 0.3) is 0 Å². The Morgan fingerprint density at radius 2 is 0.879 bits per heavy atom. The Kier molecular flexibility index (Phi) is 11.5. The Morgan fingerprint density at radius 3 is 1.18 bits per heavy atom. The molecule has 33 heavy (non-hydrogen) atoms. The van der Waals surface area contributed by atoms with Crippen molar-refractivity contribution in [1.82, 2.24) is 0 Å². The van der Waals surface area contributed by atoms with E-state index in [0.717, 1.165) is 56.1 Å². The van der Waals surface area contributed by atoms with E-state index in [4.69, 9.17) is 8.37 Å². The monoisotopic (exact) mass is 494 g/mol. The van der Waals surface area contributed by atoms with Crippen LogP contribution in [0.1, 0.15) is 56.1 Å². The lowest BCUT2D eigenvalue weighted by molar-refractivity contribution is 0.321. The molecule has 0 amide bonds. The summed E-state index contributed by atoms with van der Waals surface area (Å²) < 4.78 is 45.1. The van der Waals surface area contributed by atoms with Gasteiger partial charge in [-0.1, -0.05) is 67.5 Å². The number of hydrogen-bond acceptors (Lipinski definition) is 6. The van der Waals surface area contributed by atoms with Crippen LogP contribution in [0.3, 0.4) is 0 Å². The number of unbranched alkanes of at least 4 members (excludes halogenated alkanes) is 6. The summed E-state index contributed by atoms with van der Waals surface area (Å²) in [6.07, 6.45) is 7.10. The molecule has 0 aliphatic carbocycles. The molecule has 184 valence electrons. The highest BCUT2D eigenvalue weighted by atomic mass is 32.2. The van der Waals surface area contributed by atoms with Crippen molar-refractivity contribution in [3.8, 4) is 0 Å². The molecule has 0 aliphatic rings. The highest BCUT2D eigenvalue weighted by Gasteiger charge is 2.13. The van der Waals surface area contributed by atoms with Crippen LogP contribution in [0.4, 0.5) is 0 Å². The minimum atomic E-state index is -2.79. The number of nitrogens with zero attached hydrogens (tertiary/aromatic N) is 2. The maximum Gasteiger partial charge on any atom is 0.193 e. The lowest BCUT2D eigenvalue weighted by Gasteiger charge is -2.11. The SMILES string of the molecule is CN=[S@@](=O)(OCCCCCCCCCO[S@@](=O)(=NC)c1ccc(C)cc1)c1ccc(C)cc1. The van der Waals surface area contributed by atoms with Gasteiger partial charge < -0.3 is 0 Å². The minimum absolute atomic E-state index is 0.436. The summed E-state index contributed by atoms with van der Waals surface area (Å²) in [5.74, 6) is 0. The first kappa shape index (κ1) is 27.5. The van der Waals surface area contributed by atoms with Crippen LogP contribution in [0, 0.1) is 13.8 Å². The van der Waals surface area contributed by atoms with Gasteiger partial charge in [-0.2, -0.15) is 0 Å². The Labute approximate surface area is 200 Å². The Balaban J connectivity index is 1.57. The fourth-order valence-electron chi connectivity index (χ4n) is 3.30. The highest BCUT2D eigenvalue weighted by molar-refractivity contribution is 7.89. The summed E-state index contributed by atoms with van der Waals surface area (Å²) in [6, 6.07) is 15.0. The van der Waals surface area contributed by atoms with Crippen molar-refractivity contribution in [2.45, 2.75) is 68.6 Å². The predicted molar refractivity (Wildman–Crippen MR) is 136 cm³/mol. The van der Waals surface area contributed by atoms with Gasteiger partial charge in [0.15, 0.2) is 20.0 Å². The van der Waals surface area contributed by atoms with Gasteiger partial charge in [-0.15, -0.1) is 0 Å². The van der Waals surface area contributed by atoms with E-state index in [2.05, 4.69) is 8.73 Å². The molecule has 0 saturated heterocycles. The van der Waals surface area contributed by atoms with E-state index < -0.39 is 20.0 Å². The van der Waals surface area contributed by atoms with Crippen molar-refractivity contribution in [2.75, 3.05) is 27.3 Å². The van der Waals surface area contributed by atoms with Gasteiger partial charge in [-0.05, 0) is 51.0 Å². The van der Waals surface area contributed by atoms with Crippen LogP contribution in [0.15, 0.2) is 67.0 Å². The Morgan fingerprint density at radius 1 is 0.576 bits per heavy atom. The van der Waals surface area contributed by atoms with Crippen molar-refractivity contribution >= 4 is 20.0 Å². The van der Waals surface area contributed by atoms with E-state index in [1.807, 2.05) is 62.4 Å². The van der Waals surface area contributed by atoms with Crippen molar-refractivity contribution < 1.29 is 16.8 Å². The maximum atomic E-state index is 12.9. The minimum Gasteiger partial charge on any atom is -0.281 e. The van der Waals surface area contributed by atoms with Crippen LogP contribution in [0.25, 0.3) is 0 Å². The van der Waals surface area contributed by atoms with Crippen LogP contribution in [-0.4, -0.2) is 35.7 Å². The zero-order valence-electron chi connectivity index (χ0n) is 20.3. The van der Waals surface area contributed by atoms with E-state index in [1.165, 1.54) is 0 Å². The lowest BCUT2D eigenvalue weighted by atomic mass is 10.1. The molecule has 0 radical (unpaired) electrons. The summed E-state index contributed by atoms with van der Waals surface area (Å²) in [7, 11) is -2.49. The average molecular weight is 495 g/mol. The summed E-state index contributed by atoms with van der Waals surface area (Å²) >= 11 is 0. The second-order valence-electron chi connectivity index (χ2n) is 8.06. The summed E-state index contributed by atoms with van der Waals surface area (Å²) in [5, 5.41) is 0. The van der Waals surface area contributed by atoms with Gasteiger partial charge >= 0.3 is 0 Å². The molecule has 6 nitrogen and oxygen atoms in total. The van der Waals surface area contributed by atoms with E-state index in [9.17, 15) is 8.42 Å². The highest BCUT2D eigenvalue weighted by Crippen LogP contribution is 2.18. The first-order valence-electron chi connectivity index (χ1n) is 11.6. The average Bonchev–Trinajstić information content (AvgIpc) is 2.83. The summed E-state index contributed by atoms with van der Waals surface area (Å²) in [6.45, 7) is 4.86. The molecule has 8 heteroatoms. The van der Waals surface area contributed by atoms with Gasteiger partial charge in [-0.25, -0.2) is 17.1 Å². The molecule has 0 fully saturated rings. The van der Waals surface area contributed by atoms with Gasteiger partial charge in [0.05, 0.1) is 23.0 Å². The molecule has 0 heterocycles. The van der Waals surface area contributed by atoms with Crippen LogP contribution in [0.5, 0.6) is 0 Å². The predicted octanol–water partition coefficient (Wildman–Crippen LogP) is 6.51. The molecular formula is C25H38N2O4S2. The van der Waals surface area contributed by atoms with Crippen molar-refractivity contribution in [3.63, 3.8) is 0 Å². The van der Waals surface area contributed by atoms with Crippen LogP contribution >= 0.6 is 0 Å². The molecule has 0 saturated carbocycles. The third-order valence-electron chi connectivity index (χ3n) is 5.39. The topological polar surface area (TPSA) is 77.3 Å². The Hall–Kier alpha value is -1.74. The molecule has 0 aromatic heterocycles. The molecule has 0 unspecified atom stereocenters. The van der Waals surface area contributed by atoms with Gasteiger partial charge in [0, 0.05) is 14.1 Å². The van der Waals surface area contributed by atoms with E-state index in [0.29, 0.717) is 23.0 Å². The molecule has 2 rings (SSSR count). The summed E-state index contributed by atoms with van der Waals surface area (Å²) in [4.78, 5) is 1.25. The lowest BCUT2D eigenvalue weighted by Crippen LogP contribution is -2.08. The van der Waals surface area contributed by atoms with Gasteiger partial charge in [0.2, 0.25) is 0 Å². The van der Waals surface area contributed by atoms with E-state index in [-0.39, 0.29) is 0 Å². The van der Waals surface area contributed by atoms with Crippen LogP contribution in [-0.2, 0) is 28.4 Å². The molecule has 2 aromatic carbocycles. The molecule has 0 bridgehead atoms. The van der Waals surface area contributed by atoms with Crippen LogP contribution in [0.2, 0.25) is 0 Å². The number of aryl methyl sites for hydroxylation is 2. The number of benzene rings is 2. The van der Waals surface area contributed by atoms with Crippen molar-refractivity contribution in [3.05, 3.63) is 59.7 Å². The smallest absolute Gasteiger partial charge is 0.193 e. The third kappa shape index (κ3) is 8.85. The zero-order chi connectivity index (χ0) is 24.2. The first-order chi connectivity index (χ1) is 15.8.